The van der Waals surface area contributed by atoms with Crippen LogP contribution in [0.15, 0.2) is 18.5 Å². The van der Waals surface area contributed by atoms with Gasteiger partial charge in [0.1, 0.15) is 10.5 Å². The number of rotatable bonds is 1. The Morgan fingerprint density at radius 2 is 2.00 bits per heavy atom. The van der Waals surface area contributed by atoms with Gasteiger partial charge in [-0.05, 0) is 31.0 Å². The Labute approximate surface area is 97.4 Å². The van der Waals surface area contributed by atoms with E-state index in [1.54, 1.807) is 6.20 Å². The standard InChI is InChI=1S/C11H10FN3S/c1-6-7(2)11(16)15-14-10(6)8-3-9(12)5-13-4-8/h3-5H,1-2H3,(H,15,16). The van der Waals surface area contributed by atoms with E-state index in [9.17, 15) is 4.39 Å². The first-order valence-electron chi connectivity index (χ1n) is 4.76. The molecule has 0 radical (unpaired) electrons. The summed E-state index contributed by atoms with van der Waals surface area (Å²) in [5, 5.41) is 6.86. The van der Waals surface area contributed by atoms with Gasteiger partial charge in [-0.1, -0.05) is 12.2 Å². The maximum Gasteiger partial charge on any atom is 0.142 e. The van der Waals surface area contributed by atoms with E-state index in [0.717, 1.165) is 17.3 Å². The van der Waals surface area contributed by atoms with Crippen LogP contribution in [0.1, 0.15) is 11.1 Å². The van der Waals surface area contributed by atoms with Crippen molar-refractivity contribution in [2.75, 3.05) is 0 Å². The number of aromatic nitrogens is 3. The van der Waals surface area contributed by atoms with Gasteiger partial charge in [0.2, 0.25) is 0 Å². The second-order valence-corrected chi connectivity index (χ2v) is 3.95. The molecule has 2 aromatic heterocycles. The Morgan fingerprint density at radius 3 is 2.69 bits per heavy atom. The van der Waals surface area contributed by atoms with E-state index >= 15 is 0 Å². The van der Waals surface area contributed by atoms with E-state index in [1.807, 2.05) is 13.8 Å². The van der Waals surface area contributed by atoms with Crippen LogP contribution in [0.5, 0.6) is 0 Å². The first kappa shape index (κ1) is 10.9. The van der Waals surface area contributed by atoms with Crippen molar-refractivity contribution in [1.29, 1.82) is 0 Å². The Bertz CT molecular complexity index is 592. The molecule has 2 heterocycles. The largest absolute Gasteiger partial charge is 0.267 e. The average molecular weight is 235 g/mol. The molecule has 0 aliphatic rings. The van der Waals surface area contributed by atoms with E-state index in [2.05, 4.69) is 15.2 Å². The molecule has 0 spiro atoms. The fourth-order valence-corrected chi connectivity index (χ4v) is 1.64. The summed E-state index contributed by atoms with van der Waals surface area (Å²) in [5.74, 6) is -0.376. The Balaban J connectivity index is 2.66. The number of aromatic amines is 1. The maximum absolute atomic E-state index is 13.0. The molecule has 0 aromatic carbocycles. The highest BCUT2D eigenvalue weighted by atomic mass is 32.1. The van der Waals surface area contributed by atoms with Crippen molar-refractivity contribution >= 4 is 12.2 Å². The van der Waals surface area contributed by atoms with Gasteiger partial charge in [-0.3, -0.25) is 10.1 Å². The second-order valence-electron chi connectivity index (χ2n) is 3.54. The van der Waals surface area contributed by atoms with Crippen LogP contribution in [0.3, 0.4) is 0 Å². The zero-order valence-electron chi connectivity index (χ0n) is 8.91. The highest BCUT2D eigenvalue weighted by molar-refractivity contribution is 7.71. The minimum atomic E-state index is -0.376. The number of nitrogens with one attached hydrogen (secondary N) is 1. The normalized spacial score (nSPS) is 10.4. The molecule has 2 aromatic rings. The molecule has 0 aliphatic heterocycles. The molecule has 0 saturated heterocycles. The smallest absolute Gasteiger partial charge is 0.142 e. The lowest BCUT2D eigenvalue weighted by Gasteiger charge is -2.06. The van der Waals surface area contributed by atoms with E-state index in [1.165, 1.54) is 6.07 Å². The third-order valence-corrected chi connectivity index (χ3v) is 2.90. The van der Waals surface area contributed by atoms with Crippen LogP contribution in [0.25, 0.3) is 11.3 Å². The van der Waals surface area contributed by atoms with Crippen LogP contribution < -0.4 is 0 Å². The minimum absolute atomic E-state index is 0.376. The van der Waals surface area contributed by atoms with Gasteiger partial charge < -0.3 is 0 Å². The van der Waals surface area contributed by atoms with Gasteiger partial charge in [0, 0.05) is 11.8 Å². The Morgan fingerprint density at radius 1 is 1.25 bits per heavy atom. The van der Waals surface area contributed by atoms with E-state index in [0.29, 0.717) is 15.9 Å². The molecule has 0 unspecified atom stereocenters. The van der Waals surface area contributed by atoms with Crippen molar-refractivity contribution in [2.24, 2.45) is 0 Å². The highest BCUT2D eigenvalue weighted by Crippen LogP contribution is 2.22. The van der Waals surface area contributed by atoms with Crippen molar-refractivity contribution in [3.63, 3.8) is 0 Å². The molecule has 0 saturated carbocycles. The van der Waals surface area contributed by atoms with Crippen LogP contribution in [0.2, 0.25) is 0 Å². The number of H-pyrrole nitrogens is 1. The van der Waals surface area contributed by atoms with Crippen LogP contribution in [-0.2, 0) is 0 Å². The van der Waals surface area contributed by atoms with Crippen LogP contribution in [0.4, 0.5) is 4.39 Å². The summed E-state index contributed by atoms with van der Waals surface area (Å²) in [6.45, 7) is 3.82. The number of hydrogen-bond donors (Lipinski definition) is 1. The van der Waals surface area contributed by atoms with Gasteiger partial charge in [0.05, 0.1) is 11.9 Å². The first-order chi connectivity index (χ1) is 7.59. The highest BCUT2D eigenvalue weighted by Gasteiger charge is 2.08. The molecule has 5 heteroatoms. The lowest BCUT2D eigenvalue weighted by atomic mass is 10.1. The lowest BCUT2D eigenvalue weighted by molar-refractivity contribution is 0.622. The number of hydrogen-bond acceptors (Lipinski definition) is 3. The lowest BCUT2D eigenvalue weighted by Crippen LogP contribution is -1.97. The second kappa shape index (κ2) is 4.09. The molecular formula is C11H10FN3S. The third-order valence-electron chi connectivity index (χ3n) is 2.51. The van der Waals surface area contributed by atoms with Crippen molar-refractivity contribution in [3.8, 4) is 11.3 Å². The molecule has 82 valence electrons. The van der Waals surface area contributed by atoms with Gasteiger partial charge in [-0.15, -0.1) is 0 Å². The average Bonchev–Trinajstić information content (AvgIpc) is 2.26. The first-order valence-corrected chi connectivity index (χ1v) is 5.17. The predicted molar refractivity (Wildman–Crippen MR) is 62.1 cm³/mol. The predicted octanol–water partition coefficient (Wildman–Crippen LogP) is 2.96. The van der Waals surface area contributed by atoms with E-state index < -0.39 is 0 Å². The molecule has 0 amide bonds. The van der Waals surface area contributed by atoms with Gasteiger partial charge in [-0.2, -0.15) is 5.10 Å². The van der Waals surface area contributed by atoms with Gasteiger partial charge in [-0.25, -0.2) is 4.39 Å². The molecule has 1 N–H and O–H groups in total. The zero-order chi connectivity index (χ0) is 11.7. The van der Waals surface area contributed by atoms with Crippen LogP contribution in [0, 0.1) is 24.3 Å². The molecule has 0 aliphatic carbocycles. The zero-order valence-corrected chi connectivity index (χ0v) is 9.73. The van der Waals surface area contributed by atoms with Crippen molar-refractivity contribution in [1.82, 2.24) is 15.2 Å². The number of halogens is 1. The summed E-state index contributed by atoms with van der Waals surface area (Å²) in [5.41, 5.74) is 3.21. The van der Waals surface area contributed by atoms with Crippen molar-refractivity contribution < 1.29 is 4.39 Å². The molecule has 2 rings (SSSR count). The minimum Gasteiger partial charge on any atom is -0.267 e. The summed E-state index contributed by atoms with van der Waals surface area (Å²) >= 11 is 5.07. The molecule has 0 bridgehead atoms. The summed E-state index contributed by atoms with van der Waals surface area (Å²) in [4.78, 5) is 3.80. The quantitative estimate of drug-likeness (QED) is 0.773. The SMILES string of the molecule is Cc1c(-c2cncc(F)c2)n[nH]c(=S)c1C. The van der Waals surface area contributed by atoms with Crippen molar-refractivity contribution in [3.05, 3.63) is 40.0 Å². The van der Waals surface area contributed by atoms with Crippen molar-refractivity contribution in [2.45, 2.75) is 13.8 Å². The Kier molecular flexibility index (Phi) is 2.78. The summed E-state index contributed by atoms with van der Waals surface area (Å²) in [6, 6.07) is 1.40. The fraction of sp³-hybridized carbons (Fsp3) is 0.182. The van der Waals surface area contributed by atoms with Gasteiger partial charge in [0.25, 0.3) is 0 Å². The van der Waals surface area contributed by atoms with Crippen LogP contribution in [-0.4, -0.2) is 15.2 Å². The topological polar surface area (TPSA) is 41.6 Å². The molecule has 3 nitrogen and oxygen atoms in total. The Hall–Kier alpha value is -1.62. The third kappa shape index (κ3) is 1.86. The summed E-state index contributed by atoms with van der Waals surface area (Å²) < 4.78 is 13.6. The monoisotopic (exact) mass is 235 g/mol. The maximum atomic E-state index is 13.0. The van der Waals surface area contributed by atoms with Crippen LogP contribution >= 0.6 is 12.2 Å². The number of pyridine rings is 1. The molecule has 16 heavy (non-hydrogen) atoms. The van der Waals surface area contributed by atoms with Gasteiger partial charge >= 0.3 is 0 Å². The van der Waals surface area contributed by atoms with E-state index in [4.69, 9.17) is 12.2 Å². The summed E-state index contributed by atoms with van der Waals surface area (Å²) in [7, 11) is 0. The number of nitrogens with zero attached hydrogens (tertiary/aromatic N) is 2. The van der Waals surface area contributed by atoms with E-state index in [-0.39, 0.29) is 5.82 Å². The molecule has 0 fully saturated rings. The molecular weight excluding hydrogens is 225 g/mol. The fourth-order valence-electron chi connectivity index (χ4n) is 1.44. The summed E-state index contributed by atoms with van der Waals surface area (Å²) in [6.07, 6.45) is 2.74. The van der Waals surface area contributed by atoms with Gasteiger partial charge in [0.15, 0.2) is 0 Å². The molecule has 0 atom stereocenters.